The van der Waals surface area contributed by atoms with Crippen molar-refractivity contribution in [2.45, 2.75) is 44.6 Å². The van der Waals surface area contributed by atoms with E-state index in [2.05, 4.69) is 10.9 Å². The Labute approximate surface area is 72.3 Å². The molecule has 0 atom stereocenters. The van der Waals surface area contributed by atoms with Crippen molar-refractivity contribution in [1.82, 2.24) is 10.9 Å². The van der Waals surface area contributed by atoms with Gasteiger partial charge in [-0.2, -0.15) is 0 Å². The topological polar surface area (TPSA) is 61.4 Å². The molecule has 4 heteroatoms. The number of carbonyl (C=O) groups is 1. The SMILES string of the molecule is O=C(O)NNC1CCCCCC1. The molecule has 4 nitrogen and oxygen atoms in total. The van der Waals surface area contributed by atoms with Crippen molar-refractivity contribution < 1.29 is 9.90 Å². The van der Waals surface area contributed by atoms with Crippen LogP contribution in [0.25, 0.3) is 0 Å². The standard InChI is InChI=1S/C8H16N2O2/c11-8(12)10-9-7-5-3-1-2-4-6-7/h7,9-10H,1-6H2,(H,11,12). The summed E-state index contributed by atoms with van der Waals surface area (Å²) in [7, 11) is 0. The minimum atomic E-state index is -1.00. The molecule has 0 aromatic rings. The Morgan fingerprint density at radius 2 is 1.75 bits per heavy atom. The molecule has 0 heterocycles. The zero-order chi connectivity index (χ0) is 8.81. The van der Waals surface area contributed by atoms with Gasteiger partial charge < -0.3 is 5.11 Å². The van der Waals surface area contributed by atoms with E-state index >= 15 is 0 Å². The van der Waals surface area contributed by atoms with Crippen LogP contribution in [0.1, 0.15) is 38.5 Å². The van der Waals surface area contributed by atoms with Crippen LogP contribution in [0.2, 0.25) is 0 Å². The average Bonchev–Trinajstić information content (AvgIpc) is 2.28. The molecule has 0 unspecified atom stereocenters. The Balaban J connectivity index is 2.16. The maximum Gasteiger partial charge on any atom is 0.419 e. The van der Waals surface area contributed by atoms with Crippen molar-refractivity contribution in [2.75, 3.05) is 0 Å². The van der Waals surface area contributed by atoms with Crippen LogP contribution in [0, 0.1) is 0 Å². The third-order valence-corrected chi connectivity index (χ3v) is 2.24. The summed E-state index contributed by atoms with van der Waals surface area (Å²) < 4.78 is 0. The van der Waals surface area contributed by atoms with Crippen LogP contribution < -0.4 is 10.9 Å². The predicted octanol–water partition coefficient (Wildman–Crippen LogP) is 1.48. The van der Waals surface area contributed by atoms with E-state index in [0.717, 1.165) is 12.8 Å². The van der Waals surface area contributed by atoms with Gasteiger partial charge in [0.2, 0.25) is 0 Å². The van der Waals surface area contributed by atoms with Crippen molar-refractivity contribution >= 4 is 6.09 Å². The summed E-state index contributed by atoms with van der Waals surface area (Å²) in [4.78, 5) is 10.2. The zero-order valence-corrected chi connectivity index (χ0v) is 7.18. The molecule has 1 aliphatic carbocycles. The maximum absolute atomic E-state index is 10.2. The van der Waals surface area contributed by atoms with E-state index in [4.69, 9.17) is 5.11 Å². The molecule has 12 heavy (non-hydrogen) atoms. The molecule has 0 aromatic heterocycles. The highest BCUT2D eigenvalue weighted by Gasteiger charge is 2.11. The first-order valence-corrected chi connectivity index (χ1v) is 4.53. The lowest BCUT2D eigenvalue weighted by molar-refractivity contribution is 0.185. The van der Waals surface area contributed by atoms with Gasteiger partial charge in [-0.1, -0.05) is 25.7 Å². The lowest BCUT2D eigenvalue weighted by Crippen LogP contribution is -2.43. The lowest BCUT2D eigenvalue weighted by Gasteiger charge is -2.14. The molecule has 1 fully saturated rings. The molecular formula is C8H16N2O2. The van der Waals surface area contributed by atoms with E-state index in [1.807, 2.05) is 0 Å². The summed E-state index contributed by atoms with van der Waals surface area (Å²) in [5.41, 5.74) is 5.02. The minimum Gasteiger partial charge on any atom is -0.464 e. The molecule has 0 saturated heterocycles. The summed E-state index contributed by atoms with van der Waals surface area (Å²) in [5, 5.41) is 8.34. The Morgan fingerprint density at radius 3 is 2.25 bits per heavy atom. The summed E-state index contributed by atoms with van der Waals surface area (Å²) in [6, 6.07) is 0.337. The molecular weight excluding hydrogens is 156 g/mol. The molecule has 1 saturated carbocycles. The quantitative estimate of drug-likeness (QED) is 0.436. The fraction of sp³-hybridized carbons (Fsp3) is 0.875. The highest BCUT2D eigenvalue weighted by Crippen LogP contribution is 2.16. The molecule has 70 valence electrons. The Kier molecular flexibility index (Phi) is 3.87. The highest BCUT2D eigenvalue weighted by molar-refractivity contribution is 5.63. The molecule has 0 radical (unpaired) electrons. The predicted molar refractivity (Wildman–Crippen MR) is 45.8 cm³/mol. The molecule has 0 aliphatic heterocycles. The number of hydrogen-bond acceptors (Lipinski definition) is 2. The molecule has 3 N–H and O–H groups in total. The smallest absolute Gasteiger partial charge is 0.419 e. The monoisotopic (exact) mass is 172 g/mol. The van der Waals surface area contributed by atoms with Gasteiger partial charge in [0.05, 0.1) is 0 Å². The molecule has 1 amide bonds. The number of nitrogens with one attached hydrogen (secondary N) is 2. The van der Waals surface area contributed by atoms with Gasteiger partial charge >= 0.3 is 6.09 Å². The van der Waals surface area contributed by atoms with E-state index < -0.39 is 6.09 Å². The lowest BCUT2D eigenvalue weighted by atomic mass is 10.1. The Morgan fingerprint density at radius 1 is 1.17 bits per heavy atom. The first-order chi connectivity index (χ1) is 5.79. The first-order valence-electron chi connectivity index (χ1n) is 4.53. The molecule has 0 spiro atoms. The number of carboxylic acid groups (broad SMARTS) is 1. The summed E-state index contributed by atoms with van der Waals surface area (Å²) in [6.07, 6.45) is 6.15. The van der Waals surface area contributed by atoms with Gasteiger partial charge in [0.15, 0.2) is 0 Å². The average molecular weight is 172 g/mol. The number of hydrogen-bond donors (Lipinski definition) is 3. The van der Waals surface area contributed by atoms with Gasteiger partial charge in [-0.3, -0.25) is 5.43 Å². The van der Waals surface area contributed by atoms with Crippen LogP contribution in [0.15, 0.2) is 0 Å². The van der Waals surface area contributed by atoms with Gasteiger partial charge in [0.25, 0.3) is 0 Å². The fourth-order valence-electron chi connectivity index (χ4n) is 1.59. The highest BCUT2D eigenvalue weighted by atomic mass is 16.4. The molecule has 0 aromatic carbocycles. The van der Waals surface area contributed by atoms with Crippen LogP contribution in [-0.4, -0.2) is 17.2 Å². The van der Waals surface area contributed by atoms with Crippen LogP contribution in [0.4, 0.5) is 4.79 Å². The normalized spacial score (nSPS) is 20.0. The van der Waals surface area contributed by atoms with Gasteiger partial charge in [-0.25, -0.2) is 10.2 Å². The van der Waals surface area contributed by atoms with E-state index in [-0.39, 0.29) is 0 Å². The van der Waals surface area contributed by atoms with Crippen molar-refractivity contribution in [3.05, 3.63) is 0 Å². The van der Waals surface area contributed by atoms with E-state index in [1.54, 1.807) is 0 Å². The van der Waals surface area contributed by atoms with Crippen molar-refractivity contribution in [1.29, 1.82) is 0 Å². The molecule has 0 bridgehead atoms. The van der Waals surface area contributed by atoms with Crippen LogP contribution in [-0.2, 0) is 0 Å². The third kappa shape index (κ3) is 3.57. The second-order valence-electron chi connectivity index (χ2n) is 3.26. The van der Waals surface area contributed by atoms with Crippen molar-refractivity contribution in [2.24, 2.45) is 0 Å². The Bertz CT molecular complexity index is 142. The van der Waals surface area contributed by atoms with E-state index in [0.29, 0.717) is 6.04 Å². The van der Waals surface area contributed by atoms with Crippen molar-refractivity contribution in [3.63, 3.8) is 0 Å². The maximum atomic E-state index is 10.2. The second-order valence-corrected chi connectivity index (χ2v) is 3.26. The van der Waals surface area contributed by atoms with Crippen LogP contribution in [0.5, 0.6) is 0 Å². The summed E-state index contributed by atoms with van der Waals surface area (Å²) in [6.45, 7) is 0. The first kappa shape index (κ1) is 9.32. The fourth-order valence-corrected chi connectivity index (χ4v) is 1.59. The number of hydrazine groups is 1. The minimum absolute atomic E-state index is 0.337. The van der Waals surface area contributed by atoms with Gasteiger partial charge in [-0.05, 0) is 12.8 Å². The number of rotatable bonds is 2. The molecule has 1 aliphatic rings. The van der Waals surface area contributed by atoms with E-state index in [1.165, 1.54) is 25.7 Å². The summed E-state index contributed by atoms with van der Waals surface area (Å²) >= 11 is 0. The van der Waals surface area contributed by atoms with E-state index in [9.17, 15) is 4.79 Å². The number of amides is 1. The van der Waals surface area contributed by atoms with Crippen LogP contribution in [0.3, 0.4) is 0 Å². The van der Waals surface area contributed by atoms with Crippen LogP contribution >= 0.6 is 0 Å². The zero-order valence-electron chi connectivity index (χ0n) is 7.18. The van der Waals surface area contributed by atoms with Gasteiger partial charge in [0, 0.05) is 6.04 Å². The van der Waals surface area contributed by atoms with Gasteiger partial charge in [0.1, 0.15) is 0 Å². The van der Waals surface area contributed by atoms with Crippen molar-refractivity contribution in [3.8, 4) is 0 Å². The Hall–Kier alpha value is -0.770. The third-order valence-electron chi connectivity index (χ3n) is 2.24. The van der Waals surface area contributed by atoms with Gasteiger partial charge in [-0.15, -0.1) is 0 Å². The molecule has 1 rings (SSSR count). The summed E-state index contributed by atoms with van der Waals surface area (Å²) in [5.74, 6) is 0. The second kappa shape index (κ2) is 4.98. The largest absolute Gasteiger partial charge is 0.464 e.